The van der Waals surface area contributed by atoms with Crippen LogP contribution in [-0.2, 0) is 4.74 Å². The number of piperidine rings is 1. The Morgan fingerprint density at radius 3 is 2.58 bits per heavy atom. The normalized spacial score (nSPS) is 18.7. The molecular formula is C20H23N3O3. The molecule has 0 saturated carbocycles. The molecule has 26 heavy (non-hydrogen) atoms. The van der Waals surface area contributed by atoms with Gasteiger partial charge in [0.25, 0.3) is 0 Å². The quantitative estimate of drug-likeness (QED) is 0.896. The fourth-order valence-corrected chi connectivity index (χ4v) is 3.75. The van der Waals surface area contributed by atoms with Gasteiger partial charge in [-0.25, -0.2) is 9.59 Å². The molecule has 0 aromatic heterocycles. The second-order valence-electron chi connectivity index (χ2n) is 6.87. The summed E-state index contributed by atoms with van der Waals surface area (Å²) in [6.45, 7) is 2.57. The van der Waals surface area contributed by atoms with Gasteiger partial charge < -0.3 is 19.9 Å². The Hall–Kier alpha value is -2.76. The first kappa shape index (κ1) is 16.7. The molecule has 0 aliphatic carbocycles. The van der Waals surface area contributed by atoms with Crippen LogP contribution in [0.2, 0.25) is 0 Å². The molecule has 6 heteroatoms. The molecule has 4 rings (SSSR count). The van der Waals surface area contributed by atoms with Crippen molar-refractivity contribution in [3.8, 4) is 0 Å². The van der Waals surface area contributed by atoms with Crippen molar-refractivity contribution < 1.29 is 14.3 Å². The molecule has 0 unspecified atom stereocenters. The summed E-state index contributed by atoms with van der Waals surface area (Å²) in [5.74, 6) is 0. The predicted octanol–water partition coefficient (Wildman–Crippen LogP) is 3.68. The second kappa shape index (κ2) is 7.23. The second-order valence-corrected chi connectivity index (χ2v) is 6.87. The molecule has 2 aliphatic rings. The maximum atomic E-state index is 12.6. The van der Waals surface area contributed by atoms with E-state index in [1.54, 1.807) is 0 Å². The smallest absolute Gasteiger partial charge is 0.410 e. The van der Waals surface area contributed by atoms with Crippen LogP contribution in [0.1, 0.15) is 19.3 Å². The number of nitrogens with one attached hydrogen (secondary N) is 1. The lowest BCUT2D eigenvalue weighted by molar-refractivity contribution is 0.0418. The van der Waals surface area contributed by atoms with E-state index < -0.39 is 0 Å². The van der Waals surface area contributed by atoms with Crippen molar-refractivity contribution >= 4 is 28.6 Å². The van der Waals surface area contributed by atoms with Crippen LogP contribution in [0.3, 0.4) is 0 Å². The van der Waals surface area contributed by atoms with Crippen molar-refractivity contribution in [2.75, 3.05) is 31.6 Å². The summed E-state index contributed by atoms with van der Waals surface area (Å²) < 4.78 is 5.13. The highest BCUT2D eigenvalue weighted by Crippen LogP contribution is 2.22. The topological polar surface area (TPSA) is 61.9 Å². The number of anilines is 1. The summed E-state index contributed by atoms with van der Waals surface area (Å²) in [5.41, 5.74) is 0.801. The summed E-state index contributed by atoms with van der Waals surface area (Å²) in [5, 5.41) is 5.25. The number of carbonyl (C=O) groups excluding carboxylic acids is 2. The number of likely N-dealkylation sites (tertiary alicyclic amines) is 1. The van der Waals surface area contributed by atoms with E-state index in [0.717, 1.165) is 42.3 Å². The Balaban J connectivity index is 1.35. The van der Waals surface area contributed by atoms with Gasteiger partial charge in [-0.15, -0.1) is 0 Å². The molecule has 136 valence electrons. The molecule has 2 heterocycles. The van der Waals surface area contributed by atoms with Gasteiger partial charge in [-0.1, -0.05) is 30.3 Å². The van der Waals surface area contributed by atoms with Crippen LogP contribution < -0.4 is 5.32 Å². The van der Waals surface area contributed by atoms with Gasteiger partial charge >= 0.3 is 12.1 Å². The third-order valence-corrected chi connectivity index (χ3v) is 5.20. The van der Waals surface area contributed by atoms with Crippen LogP contribution >= 0.6 is 0 Å². The summed E-state index contributed by atoms with van der Waals surface area (Å²) in [7, 11) is 0. The van der Waals surface area contributed by atoms with Gasteiger partial charge in [0.15, 0.2) is 0 Å². The number of hydrogen-bond donors (Lipinski definition) is 1. The zero-order valence-corrected chi connectivity index (χ0v) is 14.7. The number of rotatable bonds is 2. The standard InChI is InChI=1S/C20H23N3O3/c24-19(21-17-7-6-15-4-1-2-5-16(15)14-17)22-11-8-18(9-12-22)23-10-3-13-26-20(23)25/h1-2,4-7,14,18H,3,8-13H2,(H,21,24). The van der Waals surface area contributed by atoms with Crippen molar-refractivity contribution in [2.45, 2.75) is 25.3 Å². The number of nitrogens with zero attached hydrogens (tertiary/aromatic N) is 2. The molecular weight excluding hydrogens is 330 g/mol. The fraction of sp³-hybridized carbons (Fsp3) is 0.400. The zero-order valence-electron chi connectivity index (χ0n) is 14.7. The molecule has 1 N–H and O–H groups in total. The summed E-state index contributed by atoms with van der Waals surface area (Å²) in [6.07, 6.45) is 2.25. The van der Waals surface area contributed by atoms with Crippen molar-refractivity contribution in [2.24, 2.45) is 0 Å². The van der Waals surface area contributed by atoms with Crippen LogP contribution in [0.15, 0.2) is 42.5 Å². The molecule has 0 atom stereocenters. The number of cyclic esters (lactones) is 1. The Bertz CT molecular complexity index is 815. The number of benzene rings is 2. The van der Waals surface area contributed by atoms with Crippen molar-refractivity contribution in [1.29, 1.82) is 0 Å². The summed E-state index contributed by atoms with van der Waals surface area (Å²) in [6, 6.07) is 14.1. The number of hydrogen-bond acceptors (Lipinski definition) is 3. The Labute approximate surface area is 152 Å². The molecule has 0 spiro atoms. The maximum Gasteiger partial charge on any atom is 0.410 e. The zero-order chi connectivity index (χ0) is 17.9. The van der Waals surface area contributed by atoms with Gasteiger partial charge in [0, 0.05) is 31.4 Å². The Kier molecular flexibility index (Phi) is 4.65. The number of fused-ring (bicyclic) bond motifs is 1. The third kappa shape index (κ3) is 3.45. The summed E-state index contributed by atoms with van der Waals surface area (Å²) in [4.78, 5) is 28.1. The van der Waals surface area contributed by atoms with Crippen LogP contribution in [0.5, 0.6) is 0 Å². The third-order valence-electron chi connectivity index (χ3n) is 5.20. The highest BCUT2D eigenvalue weighted by molar-refractivity contribution is 5.93. The fourth-order valence-electron chi connectivity index (χ4n) is 3.75. The largest absolute Gasteiger partial charge is 0.449 e. The van der Waals surface area contributed by atoms with E-state index in [0.29, 0.717) is 19.7 Å². The van der Waals surface area contributed by atoms with Gasteiger partial charge in [0.05, 0.1) is 6.61 Å². The highest BCUT2D eigenvalue weighted by atomic mass is 16.6. The van der Waals surface area contributed by atoms with Crippen molar-refractivity contribution in [3.63, 3.8) is 0 Å². The van der Waals surface area contributed by atoms with Crippen LogP contribution in [0.4, 0.5) is 15.3 Å². The van der Waals surface area contributed by atoms with Crippen molar-refractivity contribution in [1.82, 2.24) is 9.80 Å². The number of amides is 3. The van der Waals surface area contributed by atoms with Gasteiger partial charge in [-0.2, -0.15) is 0 Å². The van der Waals surface area contributed by atoms with Gasteiger partial charge in [-0.05, 0) is 42.2 Å². The average Bonchev–Trinajstić information content (AvgIpc) is 2.68. The number of urea groups is 1. The first-order valence-electron chi connectivity index (χ1n) is 9.19. The summed E-state index contributed by atoms with van der Waals surface area (Å²) >= 11 is 0. The number of carbonyl (C=O) groups is 2. The first-order chi connectivity index (χ1) is 12.7. The average molecular weight is 353 g/mol. The molecule has 6 nitrogen and oxygen atoms in total. The molecule has 2 aliphatic heterocycles. The first-order valence-corrected chi connectivity index (χ1v) is 9.19. The minimum atomic E-state index is -0.213. The lowest BCUT2D eigenvalue weighted by Gasteiger charge is -2.39. The van der Waals surface area contributed by atoms with Gasteiger partial charge in [-0.3, -0.25) is 0 Å². The maximum absolute atomic E-state index is 12.6. The van der Waals surface area contributed by atoms with Crippen LogP contribution in [-0.4, -0.2) is 54.2 Å². The molecule has 2 aromatic rings. The van der Waals surface area contributed by atoms with Crippen LogP contribution in [0.25, 0.3) is 10.8 Å². The Morgan fingerprint density at radius 2 is 1.81 bits per heavy atom. The Morgan fingerprint density at radius 1 is 1.04 bits per heavy atom. The molecule has 0 radical (unpaired) electrons. The molecule has 2 fully saturated rings. The van der Waals surface area contributed by atoms with E-state index in [1.165, 1.54) is 0 Å². The molecule has 2 aromatic carbocycles. The van der Waals surface area contributed by atoms with E-state index in [2.05, 4.69) is 11.4 Å². The van der Waals surface area contributed by atoms with Crippen molar-refractivity contribution in [3.05, 3.63) is 42.5 Å². The van der Waals surface area contributed by atoms with E-state index in [1.807, 2.05) is 46.2 Å². The minimum Gasteiger partial charge on any atom is -0.449 e. The van der Waals surface area contributed by atoms with Gasteiger partial charge in [0.1, 0.15) is 0 Å². The molecule has 0 bridgehead atoms. The van der Waals surface area contributed by atoms with E-state index >= 15 is 0 Å². The van der Waals surface area contributed by atoms with E-state index in [4.69, 9.17) is 4.74 Å². The number of ether oxygens (including phenoxy) is 1. The van der Waals surface area contributed by atoms with Crippen LogP contribution in [0, 0.1) is 0 Å². The highest BCUT2D eigenvalue weighted by Gasteiger charge is 2.31. The lowest BCUT2D eigenvalue weighted by Crippen LogP contribution is -2.51. The van der Waals surface area contributed by atoms with Gasteiger partial charge in [0.2, 0.25) is 0 Å². The SMILES string of the molecule is O=C(Nc1ccc2ccccc2c1)N1CCC(N2CCCOC2=O)CC1. The predicted molar refractivity (Wildman–Crippen MR) is 100 cm³/mol. The molecule has 2 saturated heterocycles. The molecule has 3 amide bonds. The van der Waals surface area contributed by atoms with E-state index in [9.17, 15) is 9.59 Å². The minimum absolute atomic E-state index is 0.0834. The lowest BCUT2D eigenvalue weighted by atomic mass is 10.0. The van der Waals surface area contributed by atoms with E-state index in [-0.39, 0.29) is 18.2 Å². The monoisotopic (exact) mass is 353 g/mol.